The molecule has 0 radical (unpaired) electrons. The standard InChI is InChI=1S/C12H18ClNO2/c1-8(2)12(16)7-14-6-9-10(13)4-3-5-11(9)15/h3-5,8,12,14-16H,6-7H2,1-2H3. The van der Waals surface area contributed by atoms with Crippen molar-refractivity contribution in [1.29, 1.82) is 0 Å². The summed E-state index contributed by atoms with van der Waals surface area (Å²) in [5.74, 6) is 0.395. The van der Waals surface area contributed by atoms with E-state index in [1.807, 2.05) is 13.8 Å². The van der Waals surface area contributed by atoms with Crippen LogP contribution in [-0.2, 0) is 6.54 Å². The van der Waals surface area contributed by atoms with Gasteiger partial charge in [-0.1, -0.05) is 31.5 Å². The molecule has 0 heterocycles. The molecule has 0 aliphatic rings. The van der Waals surface area contributed by atoms with E-state index >= 15 is 0 Å². The predicted octanol–water partition coefficient (Wildman–Crippen LogP) is 2.15. The smallest absolute Gasteiger partial charge is 0.121 e. The van der Waals surface area contributed by atoms with Gasteiger partial charge in [0.1, 0.15) is 5.75 Å². The summed E-state index contributed by atoms with van der Waals surface area (Å²) in [5, 5.41) is 22.8. The average molecular weight is 244 g/mol. The van der Waals surface area contributed by atoms with E-state index in [1.54, 1.807) is 18.2 Å². The van der Waals surface area contributed by atoms with Crippen molar-refractivity contribution < 1.29 is 10.2 Å². The number of aliphatic hydroxyl groups is 1. The molecule has 1 unspecified atom stereocenters. The number of nitrogens with one attached hydrogen (secondary N) is 1. The molecule has 0 spiro atoms. The Kier molecular flexibility index (Phi) is 5.06. The summed E-state index contributed by atoms with van der Waals surface area (Å²) >= 11 is 5.94. The van der Waals surface area contributed by atoms with Gasteiger partial charge in [0.25, 0.3) is 0 Å². The minimum atomic E-state index is -0.385. The highest BCUT2D eigenvalue weighted by Gasteiger charge is 2.10. The van der Waals surface area contributed by atoms with Gasteiger partial charge in [0, 0.05) is 23.7 Å². The van der Waals surface area contributed by atoms with Crippen LogP contribution in [0.4, 0.5) is 0 Å². The van der Waals surface area contributed by atoms with Crippen molar-refractivity contribution in [3.63, 3.8) is 0 Å². The maximum absolute atomic E-state index is 9.59. The van der Waals surface area contributed by atoms with Crippen LogP contribution in [0.5, 0.6) is 5.75 Å². The fourth-order valence-electron chi connectivity index (χ4n) is 1.30. The Morgan fingerprint density at radius 2 is 2.06 bits per heavy atom. The molecule has 1 aromatic rings. The van der Waals surface area contributed by atoms with Crippen molar-refractivity contribution in [2.24, 2.45) is 5.92 Å². The van der Waals surface area contributed by atoms with Gasteiger partial charge in [-0.15, -0.1) is 0 Å². The van der Waals surface area contributed by atoms with Crippen LogP contribution in [0.3, 0.4) is 0 Å². The third-order valence-electron chi connectivity index (χ3n) is 2.52. The van der Waals surface area contributed by atoms with Crippen LogP contribution >= 0.6 is 11.6 Å². The predicted molar refractivity (Wildman–Crippen MR) is 65.7 cm³/mol. The van der Waals surface area contributed by atoms with Crippen LogP contribution in [0.1, 0.15) is 19.4 Å². The second-order valence-electron chi connectivity index (χ2n) is 4.18. The Balaban J connectivity index is 2.49. The fraction of sp³-hybridized carbons (Fsp3) is 0.500. The van der Waals surface area contributed by atoms with Gasteiger partial charge in [-0.2, -0.15) is 0 Å². The number of rotatable bonds is 5. The number of aromatic hydroxyl groups is 1. The van der Waals surface area contributed by atoms with E-state index in [1.165, 1.54) is 0 Å². The number of aliphatic hydroxyl groups excluding tert-OH is 1. The molecule has 0 aliphatic carbocycles. The first-order chi connectivity index (χ1) is 7.52. The number of hydrogen-bond donors (Lipinski definition) is 3. The summed E-state index contributed by atoms with van der Waals surface area (Å²) < 4.78 is 0. The van der Waals surface area contributed by atoms with Crippen molar-refractivity contribution in [2.75, 3.05) is 6.54 Å². The molecule has 0 aliphatic heterocycles. The highest BCUT2D eigenvalue weighted by atomic mass is 35.5. The molecule has 4 heteroatoms. The van der Waals surface area contributed by atoms with E-state index in [2.05, 4.69) is 5.32 Å². The largest absolute Gasteiger partial charge is 0.508 e. The summed E-state index contributed by atoms with van der Waals surface area (Å²) in [4.78, 5) is 0. The molecule has 90 valence electrons. The Hall–Kier alpha value is -0.770. The van der Waals surface area contributed by atoms with E-state index in [0.717, 1.165) is 0 Å². The fourth-order valence-corrected chi connectivity index (χ4v) is 1.54. The van der Waals surface area contributed by atoms with E-state index in [0.29, 0.717) is 23.7 Å². The third-order valence-corrected chi connectivity index (χ3v) is 2.87. The van der Waals surface area contributed by atoms with Crippen molar-refractivity contribution in [3.8, 4) is 5.75 Å². The molecule has 0 aromatic heterocycles. The molecule has 3 nitrogen and oxygen atoms in total. The number of benzene rings is 1. The Morgan fingerprint density at radius 1 is 1.38 bits per heavy atom. The van der Waals surface area contributed by atoms with Gasteiger partial charge in [-0.25, -0.2) is 0 Å². The maximum Gasteiger partial charge on any atom is 0.121 e. The molecule has 16 heavy (non-hydrogen) atoms. The van der Waals surface area contributed by atoms with E-state index in [4.69, 9.17) is 11.6 Å². The minimum absolute atomic E-state index is 0.180. The summed E-state index contributed by atoms with van der Waals surface area (Å²) in [6.07, 6.45) is -0.385. The molecule has 1 aromatic carbocycles. The quantitative estimate of drug-likeness (QED) is 0.743. The minimum Gasteiger partial charge on any atom is -0.508 e. The van der Waals surface area contributed by atoms with Crippen molar-refractivity contribution in [3.05, 3.63) is 28.8 Å². The molecule has 0 fully saturated rings. The van der Waals surface area contributed by atoms with Crippen molar-refractivity contribution in [1.82, 2.24) is 5.32 Å². The first-order valence-corrected chi connectivity index (χ1v) is 5.75. The van der Waals surface area contributed by atoms with Gasteiger partial charge in [0.05, 0.1) is 6.10 Å². The van der Waals surface area contributed by atoms with Crippen LogP contribution in [0.15, 0.2) is 18.2 Å². The van der Waals surface area contributed by atoms with Gasteiger partial charge in [-0.05, 0) is 18.1 Å². The summed E-state index contributed by atoms with van der Waals surface area (Å²) in [6, 6.07) is 5.03. The van der Waals surface area contributed by atoms with Crippen LogP contribution in [0, 0.1) is 5.92 Å². The topological polar surface area (TPSA) is 52.5 Å². The number of halogens is 1. The Morgan fingerprint density at radius 3 is 2.62 bits per heavy atom. The number of phenolic OH excluding ortho intramolecular Hbond substituents is 1. The number of phenols is 1. The Labute approximate surface area is 101 Å². The Bertz CT molecular complexity index is 322. The van der Waals surface area contributed by atoms with Gasteiger partial charge in [-0.3, -0.25) is 0 Å². The molecule has 0 saturated carbocycles. The van der Waals surface area contributed by atoms with Crippen molar-refractivity contribution >= 4 is 11.6 Å². The van der Waals surface area contributed by atoms with Crippen LogP contribution < -0.4 is 5.32 Å². The zero-order chi connectivity index (χ0) is 12.1. The van der Waals surface area contributed by atoms with Crippen molar-refractivity contribution in [2.45, 2.75) is 26.5 Å². The monoisotopic (exact) mass is 243 g/mol. The summed E-state index contributed by atoms with van der Waals surface area (Å²) in [5.41, 5.74) is 0.667. The van der Waals surface area contributed by atoms with Gasteiger partial charge in [0.2, 0.25) is 0 Å². The molecular formula is C12H18ClNO2. The summed E-state index contributed by atoms with van der Waals surface area (Å²) in [6.45, 7) is 4.86. The lowest BCUT2D eigenvalue weighted by molar-refractivity contribution is 0.123. The zero-order valence-corrected chi connectivity index (χ0v) is 10.3. The second kappa shape index (κ2) is 6.09. The van der Waals surface area contributed by atoms with Gasteiger partial charge < -0.3 is 15.5 Å². The molecule has 1 rings (SSSR count). The van der Waals surface area contributed by atoms with Crippen LogP contribution in [0.25, 0.3) is 0 Å². The van der Waals surface area contributed by atoms with E-state index in [-0.39, 0.29) is 17.8 Å². The van der Waals surface area contributed by atoms with E-state index < -0.39 is 0 Å². The van der Waals surface area contributed by atoms with Crippen LogP contribution in [-0.4, -0.2) is 22.9 Å². The molecule has 0 saturated heterocycles. The molecular weight excluding hydrogens is 226 g/mol. The summed E-state index contributed by atoms with van der Waals surface area (Å²) in [7, 11) is 0. The van der Waals surface area contributed by atoms with E-state index in [9.17, 15) is 10.2 Å². The molecule has 0 bridgehead atoms. The highest BCUT2D eigenvalue weighted by molar-refractivity contribution is 6.31. The number of hydrogen-bond acceptors (Lipinski definition) is 3. The van der Waals surface area contributed by atoms with Gasteiger partial charge in [0.15, 0.2) is 0 Å². The first-order valence-electron chi connectivity index (χ1n) is 5.37. The molecule has 0 amide bonds. The normalized spacial score (nSPS) is 13.1. The molecule has 1 atom stereocenters. The van der Waals surface area contributed by atoms with Crippen LogP contribution in [0.2, 0.25) is 5.02 Å². The molecule has 3 N–H and O–H groups in total. The maximum atomic E-state index is 9.59. The highest BCUT2D eigenvalue weighted by Crippen LogP contribution is 2.24. The second-order valence-corrected chi connectivity index (χ2v) is 4.59. The lowest BCUT2D eigenvalue weighted by atomic mass is 10.1. The lowest BCUT2D eigenvalue weighted by Gasteiger charge is -2.15. The zero-order valence-electron chi connectivity index (χ0n) is 9.57. The average Bonchev–Trinajstić information content (AvgIpc) is 2.22. The third kappa shape index (κ3) is 3.67. The van der Waals surface area contributed by atoms with Gasteiger partial charge >= 0.3 is 0 Å². The first kappa shape index (κ1) is 13.3. The SMILES string of the molecule is CC(C)C(O)CNCc1c(O)cccc1Cl. The lowest BCUT2D eigenvalue weighted by Crippen LogP contribution is -2.30.